The van der Waals surface area contributed by atoms with Crippen molar-refractivity contribution in [2.24, 2.45) is 10.9 Å². The maximum atomic E-state index is 9.16. The molecular weight excluding hydrogens is 240 g/mol. The van der Waals surface area contributed by atoms with Crippen molar-refractivity contribution in [1.82, 2.24) is 0 Å². The zero-order chi connectivity index (χ0) is 13.1. The molecule has 1 aliphatic heterocycles. The van der Waals surface area contributed by atoms with E-state index >= 15 is 0 Å². The predicted molar refractivity (Wildman–Crippen MR) is 77.7 cm³/mol. The third kappa shape index (κ3) is 2.39. The van der Waals surface area contributed by atoms with Crippen LogP contribution in [0.2, 0.25) is 0 Å². The molecule has 0 amide bonds. The highest BCUT2D eigenvalue weighted by Gasteiger charge is 2.24. The van der Waals surface area contributed by atoms with Gasteiger partial charge >= 0.3 is 0 Å². The lowest BCUT2D eigenvalue weighted by Crippen LogP contribution is -2.21. The van der Waals surface area contributed by atoms with Crippen LogP contribution < -0.4 is 0 Å². The largest absolute Gasteiger partial charge is 0.244 e. The summed E-state index contributed by atoms with van der Waals surface area (Å²) < 4.78 is 0. The van der Waals surface area contributed by atoms with E-state index in [-0.39, 0.29) is 5.92 Å². The van der Waals surface area contributed by atoms with Gasteiger partial charge in [-0.2, -0.15) is 5.26 Å². The van der Waals surface area contributed by atoms with E-state index in [9.17, 15) is 0 Å². The molecule has 2 nitrogen and oxygen atoms in total. The Balaban J connectivity index is 2.37. The van der Waals surface area contributed by atoms with Crippen LogP contribution in [0.4, 0.5) is 0 Å². The number of hydrogen-bond acceptors (Lipinski definition) is 2. The van der Waals surface area contributed by atoms with Crippen molar-refractivity contribution in [2.75, 3.05) is 0 Å². The van der Waals surface area contributed by atoms with Crippen molar-refractivity contribution < 1.29 is 0 Å². The average molecular weight is 254 g/mol. The van der Waals surface area contributed by atoms with Gasteiger partial charge in [-0.15, -0.1) is 0 Å². The summed E-state index contributed by atoms with van der Waals surface area (Å²) in [5.74, 6) is -0.345. The van der Waals surface area contributed by atoms with Crippen LogP contribution in [-0.4, -0.2) is 10.7 Å². The maximum Gasteiger partial charge on any atom is 0.124 e. The Morgan fingerprint density at radius 1 is 1.28 bits per heavy atom. The van der Waals surface area contributed by atoms with Gasteiger partial charge in [-0.1, -0.05) is 42.5 Å². The molecule has 0 saturated heterocycles. The summed E-state index contributed by atoms with van der Waals surface area (Å²) in [5.41, 5.74) is 4.35. The summed E-state index contributed by atoms with van der Waals surface area (Å²) >= 11 is 5.15. The van der Waals surface area contributed by atoms with Gasteiger partial charge < -0.3 is 0 Å². The quantitative estimate of drug-likeness (QED) is 0.757. The van der Waals surface area contributed by atoms with Gasteiger partial charge in [-0.3, -0.25) is 0 Å². The normalized spacial score (nSPS) is 19.5. The van der Waals surface area contributed by atoms with Crippen LogP contribution in [0.3, 0.4) is 0 Å². The van der Waals surface area contributed by atoms with Crippen LogP contribution in [0.5, 0.6) is 0 Å². The monoisotopic (exact) mass is 254 g/mol. The van der Waals surface area contributed by atoms with E-state index in [4.69, 9.17) is 17.5 Å². The van der Waals surface area contributed by atoms with Gasteiger partial charge in [0, 0.05) is 5.71 Å². The second-order valence-corrected chi connectivity index (χ2v) is 4.84. The molecular formula is C15H14N2S. The third-order valence-corrected chi connectivity index (χ3v) is 3.55. The van der Waals surface area contributed by atoms with E-state index in [2.05, 4.69) is 23.2 Å². The van der Waals surface area contributed by atoms with Gasteiger partial charge in [-0.25, -0.2) is 4.99 Å². The molecule has 1 aromatic rings. The highest BCUT2D eigenvalue weighted by Crippen LogP contribution is 2.26. The second kappa shape index (κ2) is 5.24. The van der Waals surface area contributed by atoms with Crippen LogP contribution in [0.1, 0.15) is 19.4 Å². The number of nitrogens with zero attached hydrogens (tertiary/aromatic N) is 2. The molecule has 0 aromatic heterocycles. The molecule has 18 heavy (non-hydrogen) atoms. The van der Waals surface area contributed by atoms with E-state index in [1.165, 1.54) is 5.56 Å². The van der Waals surface area contributed by atoms with E-state index < -0.39 is 0 Å². The lowest BCUT2D eigenvalue weighted by molar-refractivity contribution is 0.980. The van der Waals surface area contributed by atoms with E-state index in [0.717, 1.165) is 23.3 Å². The summed E-state index contributed by atoms with van der Waals surface area (Å²) in [5, 5.41) is 9.16. The number of nitriles is 1. The summed E-state index contributed by atoms with van der Waals surface area (Å²) in [6, 6.07) is 12.4. The van der Waals surface area contributed by atoms with Crippen LogP contribution in [0, 0.1) is 17.2 Å². The highest BCUT2D eigenvalue weighted by molar-refractivity contribution is 7.80. The van der Waals surface area contributed by atoms with Crippen molar-refractivity contribution in [3.8, 4) is 6.07 Å². The topological polar surface area (TPSA) is 36.1 Å². The Bertz CT molecular complexity index is 576. The zero-order valence-electron chi connectivity index (χ0n) is 10.5. The summed E-state index contributed by atoms with van der Waals surface area (Å²) in [4.78, 5) is 4.82. The van der Waals surface area contributed by atoms with Crippen molar-refractivity contribution in [2.45, 2.75) is 20.3 Å². The van der Waals surface area contributed by atoms with Crippen molar-refractivity contribution in [3.63, 3.8) is 0 Å². The summed E-state index contributed by atoms with van der Waals surface area (Å²) in [6.45, 7) is 3.94. The lowest BCUT2D eigenvalue weighted by Gasteiger charge is -2.21. The molecule has 0 aliphatic carbocycles. The molecule has 0 N–H and O–H groups in total. The van der Waals surface area contributed by atoms with Gasteiger partial charge in [0.15, 0.2) is 0 Å². The minimum atomic E-state index is -0.345. The fourth-order valence-corrected chi connectivity index (χ4v) is 2.53. The first kappa shape index (κ1) is 12.7. The average Bonchev–Trinajstić information content (AvgIpc) is 2.36. The number of dihydropyridines is 1. The SMILES string of the molecule is CC1=NC(=S)[C@@H](C#N)C(C)=C1Cc1ccccc1. The molecule has 90 valence electrons. The van der Waals surface area contributed by atoms with Crippen molar-refractivity contribution >= 4 is 22.9 Å². The van der Waals surface area contributed by atoms with Crippen LogP contribution in [-0.2, 0) is 6.42 Å². The van der Waals surface area contributed by atoms with E-state index in [1.54, 1.807) is 0 Å². The van der Waals surface area contributed by atoms with Crippen molar-refractivity contribution in [3.05, 3.63) is 47.0 Å². The maximum absolute atomic E-state index is 9.16. The van der Waals surface area contributed by atoms with E-state index in [1.807, 2.05) is 32.0 Å². The Kier molecular flexibility index (Phi) is 3.69. The number of thiocarbonyl (C=S) groups is 1. The van der Waals surface area contributed by atoms with Crippen LogP contribution in [0.25, 0.3) is 0 Å². The van der Waals surface area contributed by atoms with Gasteiger partial charge in [0.2, 0.25) is 0 Å². The summed E-state index contributed by atoms with van der Waals surface area (Å²) in [6.07, 6.45) is 0.808. The number of allylic oxidation sites excluding steroid dienone is 1. The van der Waals surface area contributed by atoms with Crippen LogP contribution >= 0.6 is 12.2 Å². The highest BCUT2D eigenvalue weighted by atomic mass is 32.1. The third-order valence-electron chi connectivity index (χ3n) is 3.22. The molecule has 0 unspecified atom stereocenters. The Labute approximate surface area is 113 Å². The van der Waals surface area contributed by atoms with Gasteiger partial charge in [0.25, 0.3) is 0 Å². The first-order chi connectivity index (χ1) is 8.63. The Hall–Kier alpha value is -1.79. The molecule has 0 saturated carbocycles. The van der Waals surface area contributed by atoms with Gasteiger partial charge in [0.05, 0.1) is 6.07 Å². The smallest absolute Gasteiger partial charge is 0.124 e. The fraction of sp³-hybridized carbons (Fsp3) is 0.267. The Morgan fingerprint density at radius 3 is 2.56 bits per heavy atom. The van der Waals surface area contributed by atoms with E-state index in [0.29, 0.717) is 4.99 Å². The van der Waals surface area contributed by atoms with Crippen molar-refractivity contribution in [1.29, 1.82) is 5.26 Å². The number of hydrogen-bond donors (Lipinski definition) is 0. The molecule has 1 heterocycles. The first-order valence-electron chi connectivity index (χ1n) is 5.86. The van der Waals surface area contributed by atoms with Gasteiger partial charge in [0.1, 0.15) is 10.9 Å². The van der Waals surface area contributed by atoms with Gasteiger partial charge in [-0.05, 0) is 37.0 Å². The molecule has 0 fully saturated rings. The lowest BCUT2D eigenvalue weighted by atomic mass is 9.88. The predicted octanol–water partition coefficient (Wildman–Crippen LogP) is 3.49. The fourth-order valence-electron chi connectivity index (χ4n) is 2.16. The standard InChI is InChI=1S/C15H14N2S/c1-10-13(8-12-6-4-3-5-7-12)11(2)17-15(18)14(10)9-16/h3-7,14H,8H2,1-2H3/t14-/m0/s1. The second-order valence-electron chi connectivity index (χ2n) is 4.42. The molecule has 0 radical (unpaired) electrons. The zero-order valence-corrected chi connectivity index (χ0v) is 11.3. The molecule has 1 aliphatic rings. The molecule has 1 atom stereocenters. The number of aliphatic imine (C=N–C) groups is 1. The summed E-state index contributed by atoms with van der Waals surface area (Å²) in [7, 11) is 0. The molecule has 0 spiro atoms. The molecule has 2 rings (SSSR count). The number of rotatable bonds is 2. The molecule has 3 heteroatoms. The minimum absolute atomic E-state index is 0.345. The van der Waals surface area contributed by atoms with Crippen LogP contribution in [0.15, 0.2) is 46.5 Å². The minimum Gasteiger partial charge on any atom is -0.244 e. The first-order valence-corrected chi connectivity index (χ1v) is 6.27. The molecule has 0 bridgehead atoms. The Morgan fingerprint density at radius 2 is 1.94 bits per heavy atom. The molecule has 1 aromatic carbocycles. The number of benzene rings is 1.